The molecule has 0 bridgehead atoms. The van der Waals surface area contributed by atoms with E-state index in [1.54, 1.807) is 0 Å². The van der Waals surface area contributed by atoms with Crippen LogP contribution >= 0.6 is 22.9 Å². The summed E-state index contributed by atoms with van der Waals surface area (Å²) >= 11 is 7.99. The number of hydrogen-bond acceptors (Lipinski definition) is 1. The summed E-state index contributed by atoms with van der Waals surface area (Å²) < 4.78 is 5.05. The van der Waals surface area contributed by atoms with E-state index >= 15 is 0 Å². The second-order valence-electron chi connectivity index (χ2n) is 8.37. The lowest BCUT2D eigenvalue weighted by Crippen LogP contribution is -1.93. The van der Waals surface area contributed by atoms with Crippen LogP contribution in [0.1, 0.15) is 0 Å². The first-order valence-corrected chi connectivity index (χ1v) is 12.2. The first-order valence-electron chi connectivity index (χ1n) is 11.0. The molecule has 7 rings (SSSR count). The second-order valence-corrected chi connectivity index (χ2v) is 9.89. The van der Waals surface area contributed by atoms with Gasteiger partial charge >= 0.3 is 0 Å². The Morgan fingerprint density at radius 1 is 0.515 bits per heavy atom. The lowest BCUT2D eigenvalue weighted by atomic mass is 10.0. The lowest BCUT2D eigenvalue weighted by molar-refractivity contribution is 1.19. The van der Waals surface area contributed by atoms with Crippen molar-refractivity contribution in [3.63, 3.8) is 0 Å². The largest absolute Gasteiger partial charge is 0.309 e. The summed E-state index contributed by atoms with van der Waals surface area (Å²) in [5.41, 5.74) is 5.97. The Morgan fingerprint density at radius 3 is 2.09 bits per heavy atom. The number of benzene rings is 5. The first-order chi connectivity index (χ1) is 16.3. The molecular formula is C30H18ClNS. The van der Waals surface area contributed by atoms with Crippen LogP contribution in [0.2, 0.25) is 5.02 Å². The number of hydrogen-bond donors (Lipinski definition) is 0. The Hall–Kier alpha value is -3.59. The van der Waals surface area contributed by atoms with Gasteiger partial charge in [0.1, 0.15) is 0 Å². The fourth-order valence-corrected chi connectivity index (χ4v) is 6.14. The third-order valence-electron chi connectivity index (χ3n) is 6.47. The predicted octanol–water partition coefficient (Wildman–Crippen LogP) is 9.47. The highest BCUT2D eigenvalue weighted by Gasteiger charge is 2.14. The average Bonchev–Trinajstić information content (AvgIpc) is 3.39. The molecule has 3 heteroatoms. The van der Waals surface area contributed by atoms with Gasteiger partial charge in [-0.2, -0.15) is 0 Å². The minimum absolute atomic E-state index is 0.755. The third-order valence-corrected chi connectivity index (χ3v) is 7.87. The van der Waals surface area contributed by atoms with Crippen molar-refractivity contribution < 1.29 is 0 Å². The van der Waals surface area contributed by atoms with Gasteiger partial charge in [0, 0.05) is 41.7 Å². The van der Waals surface area contributed by atoms with Gasteiger partial charge in [0.25, 0.3) is 0 Å². The van der Waals surface area contributed by atoms with Gasteiger partial charge in [-0.25, -0.2) is 0 Å². The third kappa shape index (κ3) is 2.92. The molecule has 0 aliphatic heterocycles. The Bertz CT molecular complexity index is 1820. The molecule has 0 unspecified atom stereocenters. The summed E-state index contributed by atoms with van der Waals surface area (Å²) in [6, 6.07) is 39.0. The number of nitrogens with zero attached hydrogens (tertiary/aromatic N) is 1. The van der Waals surface area contributed by atoms with E-state index in [4.69, 9.17) is 11.6 Å². The summed E-state index contributed by atoms with van der Waals surface area (Å²) in [4.78, 5) is 0. The van der Waals surface area contributed by atoms with Crippen LogP contribution in [0.5, 0.6) is 0 Å². The van der Waals surface area contributed by atoms with Crippen LogP contribution in [0.15, 0.2) is 109 Å². The fourth-order valence-electron chi connectivity index (χ4n) is 4.92. The van der Waals surface area contributed by atoms with E-state index in [1.165, 1.54) is 53.2 Å². The summed E-state index contributed by atoms with van der Waals surface area (Å²) in [7, 11) is 0. The van der Waals surface area contributed by atoms with E-state index in [0.29, 0.717) is 0 Å². The Kier molecular flexibility index (Phi) is 4.14. The number of thiophene rings is 1. The van der Waals surface area contributed by atoms with Crippen LogP contribution in [-0.2, 0) is 0 Å². The Morgan fingerprint density at radius 2 is 1.21 bits per heavy atom. The second kappa shape index (κ2) is 7.21. The molecule has 0 spiro atoms. The molecule has 0 amide bonds. The SMILES string of the molecule is Clc1ccc(-c2ccc3c4ccccc4n(-c4ccc5sc6ccccc6c5c4)c3c2)cc1. The molecule has 0 N–H and O–H groups in total. The van der Waals surface area contributed by atoms with E-state index in [2.05, 4.69) is 102 Å². The van der Waals surface area contributed by atoms with Gasteiger partial charge in [-0.3, -0.25) is 0 Å². The molecular weight excluding hydrogens is 442 g/mol. The minimum Gasteiger partial charge on any atom is -0.309 e. The molecule has 7 aromatic rings. The van der Waals surface area contributed by atoms with Crippen LogP contribution in [0.3, 0.4) is 0 Å². The van der Waals surface area contributed by atoms with Crippen LogP contribution in [0.25, 0.3) is 58.8 Å². The highest BCUT2D eigenvalue weighted by Crippen LogP contribution is 2.38. The standard InChI is InChI=1S/C30H18ClNS/c31-21-12-9-19(10-13-21)20-11-15-24-23-5-1-3-7-27(23)32(28(24)17-20)22-14-16-30-26(18-22)25-6-2-4-8-29(25)33-30/h1-18H. The van der Waals surface area contributed by atoms with Crippen molar-refractivity contribution in [2.75, 3.05) is 0 Å². The molecule has 1 nitrogen and oxygen atoms in total. The van der Waals surface area contributed by atoms with Crippen LogP contribution < -0.4 is 0 Å². The summed E-state index contributed by atoms with van der Waals surface area (Å²) in [5, 5.41) is 5.92. The molecule has 0 saturated heterocycles. The van der Waals surface area contributed by atoms with Crippen molar-refractivity contribution in [2.45, 2.75) is 0 Å². The Labute approximate surface area is 200 Å². The maximum Gasteiger partial charge on any atom is 0.0547 e. The maximum absolute atomic E-state index is 6.13. The van der Waals surface area contributed by atoms with Gasteiger partial charge in [0.2, 0.25) is 0 Å². The van der Waals surface area contributed by atoms with E-state index in [1.807, 2.05) is 23.5 Å². The minimum atomic E-state index is 0.755. The molecule has 0 aliphatic carbocycles. The van der Waals surface area contributed by atoms with E-state index < -0.39 is 0 Å². The number of aromatic nitrogens is 1. The quantitative estimate of drug-likeness (QED) is 0.242. The summed E-state index contributed by atoms with van der Waals surface area (Å²) in [5.74, 6) is 0. The monoisotopic (exact) mass is 459 g/mol. The Balaban J connectivity index is 1.54. The fraction of sp³-hybridized carbons (Fsp3) is 0. The zero-order chi connectivity index (χ0) is 21.9. The van der Waals surface area contributed by atoms with Crippen LogP contribution in [-0.4, -0.2) is 4.57 Å². The molecule has 0 saturated carbocycles. The van der Waals surface area contributed by atoms with E-state index in [9.17, 15) is 0 Å². The molecule has 5 aromatic carbocycles. The zero-order valence-corrected chi connectivity index (χ0v) is 19.2. The molecule has 0 atom stereocenters. The van der Waals surface area contributed by atoms with Crippen molar-refractivity contribution in [1.82, 2.24) is 4.57 Å². The van der Waals surface area contributed by atoms with Crippen LogP contribution in [0.4, 0.5) is 0 Å². The molecule has 0 aliphatic rings. The number of rotatable bonds is 2. The highest BCUT2D eigenvalue weighted by molar-refractivity contribution is 7.25. The van der Waals surface area contributed by atoms with Gasteiger partial charge in [-0.05, 0) is 59.7 Å². The molecule has 2 aromatic heterocycles. The van der Waals surface area contributed by atoms with Gasteiger partial charge in [-0.15, -0.1) is 11.3 Å². The zero-order valence-electron chi connectivity index (χ0n) is 17.6. The van der Waals surface area contributed by atoms with Crippen molar-refractivity contribution in [3.8, 4) is 16.8 Å². The summed E-state index contributed by atoms with van der Waals surface area (Å²) in [6.45, 7) is 0. The van der Waals surface area contributed by atoms with Gasteiger partial charge in [0.05, 0.1) is 11.0 Å². The van der Waals surface area contributed by atoms with Gasteiger partial charge in [0.15, 0.2) is 0 Å². The molecule has 33 heavy (non-hydrogen) atoms. The van der Waals surface area contributed by atoms with Gasteiger partial charge < -0.3 is 4.57 Å². The topological polar surface area (TPSA) is 4.93 Å². The lowest BCUT2D eigenvalue weighted by Gasteiger charge is -2.10. The van der Waals surface area contributed by atoms with E-state index in [0.717, 1.165) is 10.6 Å². The van der Waals surface area contributed by atoms with Crippen molar-refractivity contribution >= 4 is 64.9 Å². The van der Waals surface area contributed by atoms with E-state index in [-0.39, 0.29) is 0 Å². The highest BCUT2D eigenvalue weighted by atomic mass is 35.5. The molecule has 156 valence electrons. The van der Waals surface area contributed by atoms with Gasteiger partial charge in [-0.1, -0.05) is 72.3 Å². The number of para-hydroxylation sites is 1. The normalized spacial score (nSPS) is 11.8. The average molecular weight is 460 g/mol. The maximum atomic E-state index is 6.13. The predicted molar refractivity (Wildman–Crippen MR) is 144 cm³/mol. The molecule has 0 fully saturated rings. The molecule has 2 heterocycles. The molecule has 0 radical (unpaired) electrons. The van der Waals surface area contributed by atoms with Crippen molar-refractivity contribution in [1.29, 1.82) is 0 Å². The number of halogens is 1. The smallest absolute Gasteiger partial charge is 0.0547 e. The summed E-state index contributed by atoms with van der Waals surface area (Å²) in [6.07, 6.45) is 0. The van der Waals surface area contributed by atoms with Crippen LogP contribution in [0, 0.1) is 0 Å². The number of fused-ring (bicyclic) bond motifs is 6. The van der Waals surface area contributed by atoms with Crippen molar-refractivity contribution in [3.05, 3.63) is 114 Å². The van der Waals surface area contributed by atoms with Crippen molar-refractivity contribution in [2.24, 2.45) is 0 Å². The first kappa shape index (κ1) is 18.9.